The Kier molecular flexibility index (Phi) is 5.14. The fourth-order valence-corrected chi connectivity index (χ4v) is 3.03. The van der Waals surface area contributed by atoms with Crippen LogP contribution in [0.1, 0.15) is 17.5 Å². The average molecular weight is 326 g/mol. The lowest BCUT2D eigenvalue weighted by molar-refractivity contribution is -0.131. The highest BCUT2D eigenvalue weighted by atomic mass is 19.1. The molecule has 2 aromatic carbocycles. The van der Waals surface area contributed by atoms with Crippen LogP contribution in [0.5, 0.6) is 0 Å². The van der Waals surface area contributed by atoms with Crippen LogP contribution in [0.3, 0.4) is 0 Å². The van der Waals surface area contributed by atoms with E-state index in [0.717, 1.165) is 38.3 Å². The van der Waals surface area contributed by atoms with Crippen LogP contribution in [0, 0.1) is 12.7 Å². The molecular weight excluding hydrogens is 303 g/mol. The predicted molar refractivity (Wildman–Crippen MR) is 94.7 cm³/mol. The van der Waals surface area contributed by atoms with Gasteiger partial charge < -0.3 is 9.80 Å². The Morgan fingerprint density at radius 1 is 0.958 bits per heavy atom. The number of hydrogen-bond donors (Lipinski definition) is 0. The molecule has 1 heterocycles. The minimum absolute atomic E-state index is 0.217. The van der Waals surface area contributed by atoms with Crippen molar-refractivity contribution in [3.63, 3.8) is 0 Å². The van der Waals surface area contributed by atoms with Gasteiger partial charge in [-0.1, -0.05) is 29.8 Å². The highest BCUT2D eigenvalue weighted by molar-refractivity contribution is 5.76. The second kappa shape index (κ2) is 7.47. The third kappa shape index (κ3) is 4.13. The molecule has 0 N–H and O–H groups in total. The van der Waals surface area contributed by atoms with Crippen LogP contribution in [-0.4, -0.2) is 37.0 Å². The van der Waals surface area contributed by atoms with Gasteiger partial charge in [-0.15, -0.1) is 0 Å². The average Bonchev–Trinajstić information content (AvgIpc) is 2.62. The monoisotopic (exact) mass is 326 g/mol. The molecule has 0 unspecified atom stereocenters. The first-order valence-electron chi connectivity index (χ1n) is 8.46. The molecule has 0 aliphatic carbocycles. The van der Waals surface area contributed by atoms with Crippen LogP contribution >= 0.6 is 0 Å². The van der Waals surface area contributed by atoms with E-state index < -0.39 is 0 Å². The zero-order chi connectivity index (χ0) is 16.9. The van der Waals surface area contributed by atoms with Crippen LogP contribution in [0.25, 0.3) is 0 Å². The lowest BCUT2D eigenvalue weighted by Gasteiger charge is -2.36. The third-order valence-corrected chi connectivity index (χ3v) is 4.57. The van der Waals surface area contributed by atoms with Crippen molar-refractivity contribution >= 4 is 11.6 Å². The van der Waals surface area contributed by atoms with E-state index in [1.807, 2.05) is 4.90 Å². The first kappa shape index (κ1) is 16.5. The maximum Gasteiger partial charge on any atom is 0.223 e. The van der Waals surface area contributed by atoms with Gasteiger partial charge in [-0.25, -0.2) is 4.39 Å². The van der Waals surface area contributed by atoms with Gasteiger partial charge >= 0.3 is 0 Å². The van der Waals surface area contributed by atoms with E-state index in [2.05, 4.69) is 36.1 Å². The highest BCUT2D eigenvalue weighted by Crippen LogP contribution is 2.17. The van der Waals surface area contributed by atoms with Crippen molar-refractivity contribution in [3.8, 4) is 0 Å². The largest absolute Gasteiger partial charge is 0.368 e. The first-order valence-corrected chi connectivity index (χ1v) is 8.46. The Balaban J connectivity index is 1.48. The molecule has 1 fully saturated rings. The number of hydrogen-bond acceptors (Lipinski definition) is 2. The Morgan fingerprint density at radius 2 is 1.58 bits per heavy atom. The van der Waals surface area contributed by atoms with Crippen LogP contribution in [-0.2, 0) is 11.2 Å². The molecule has 3 rings (SSSR count). The SMILES string of the molecule is Cc1ccc(CCC(=O)N2CCN(c3ccc(F)cc3)CC2)cc1. The van der Waals surface area contributed by atoms with Gasteiger partial charge in [0, 0.05) is 38.3 Å². The summed E-state index contributed by atoms with van der Waals surface area (Å²) in [4.78, 5) is 16.5. The summed E-state index contributed by atoms with van der Waals surface area (Å²) >= 11 is 0. The molecule has 2 aromatic rings. The molecule has 0 atom stereocenters. The Bertz CT molecular complexity index is 674. The highest BCUT2D eigenvalue weighted by Gasteiger charge is 2.21. The molecule has 0 bridgehead atoms. The number of rotatable bonds is 4. The van der Waals surface area contributed by atoms with Crippen molar-refractivity contribution in [2.45, 2.75) is 19.8 Å². The van der Waals surface area contributed by atoms with Gasteiger partial charge in [0.25, 0.3) is 0 Å². The molecule has 1 amide bonds. The number of piperazine rings is 1. The second-order valence-electron chi connectivity index (χ2n) is 6.33. The standard InChI is InChI=1S/C20H23FN2O/c1-16-2-4-17(5-3-16)6-11-20(24)23-14-12-22(13-15-23)19-9-7-18(21)8-10-19/h2-5,7-10H,6,11-15H2,1H3. The van der Waals surface area contributed by atoms with E-state index in [0.29, 0.717) is 6.42 Å². The van der Waals surface area contributed by atoms with Crippen LogP contribution in [0.4, 0.5) is 10.1 Å². The van der Waals surface area contributed by atoms with Crippen LogP contribution < -0.4 is 4.90 Å². The minimum atomic E-state index is -0.219. The Morgan fingerprint density at radius 3 is 2.21 bits per heavy atom. The number of anilines is 1. The second-order valence-corrected chi connectivity index (χ2v) is 6.33. The molecule has 0 spiro atoms. The molecule has 3 nitrogen and oxygen atoms in total. The molecule has 126 valence electrons. The molecule has 4 heteroatoms. The molecule has 1 aliphatic rings. The number of carbonyl (C=O) groups excluding carboxylic acids is 1. The van der Waals surface area contributed by atoms with Crippen molar-refractivity contribution in [1.82, 2.24) is 4.90 Å². The topological polar surface area (TPSA) is 23.6 Å². The van der Waals surface area contributed by atoms with Crippen molar-refractivity contribution in [2.75, 3.05) is 31.1 Å². The van der Waals surface area contributed by atoms with E-state index in [1.165, 1.54) is 23.3 Å². The van der Waals surface area contributed by atoms with Crippen molar-refractivity contribution in [2.24, 2.45) is 0 Å². The van der Waals surface area contributed by atoms with E-state index >= 15 is 0 Å². The van der Waals surface area contributed by atoms with Gasteiger partial charge in [0.2, 0.25) is 5.91 Å². The number of nitrogens with zero attached hydrogens (tertiary/aromatic N) is 2. The molecule has 0 aromatic heterocycles. The van der Waals surface area contributed by atoms with Gasteiger partial charge in [-0.2, -0.15) is 0 Å². The zero-order valence-electron chi connectivity index (χ0n) is 14.0. The van der Waals surface area contributed by atoms with Crippen molar-refractivity contribution in [1.29, 1.82) is 0 Å². The summed E-state index contributed by atoms with van der Waals surface area (Å²) in [6.45, 7) is 5.10. The van der Waals surface area contributed by atoms with Crippen LogP contribution in [0.15, 0.2) is 48.5 Å². The number of aryl methyl sites for hydroxylation is 2. The lowest BCUT2D eigenvalue weighted by atomic mass is 10.1. The van der Waals surface area contributed by atoms with Crippen molar-refractivity contribution < 1.29 is 9.18 Å². The summed E-state index contributed by atoms with van der Waals surface area (Å²) in [5.74, 6) is -0.00185. The number of benzene rings is 2. The van der Waals surface area contributed by atoms with Gasteiger partial charge in [0.05, 0.1) is 0 Å². The summed E-state index contributed by atoms with van der Waals surface area (Å²) < 4.78 is 13.0. The number of carbonyl (C=O) groups is 1. The Labute approximate surface area is 142 Å². The molecule has 0 saturated carbocycles. The third-order valence-electron chi connectivity index (χ3n) is 4.57. The van der Waals surface area contributed by atoms with E-state index in [4.69, 9.17) is 0 Å². The summed E-state index contributed by atoms with van der Waals surface area (Å²) in [5.41, 5.74) is 3.46. The number of halogens is 1. The molecular formula is C20H23FN2O. The van der Waals surface area contributed by atoms with Gasteiger partial charge in [-0.3, -0.25) is 4.79 Å². The van der Waals surface area contributed by atoms with Gasteiger partial charge in [0.1, 0.15) is 5.82 Å². The first-order chi connectivity index (χ1) is 11.6. The summed E-state index contributed by atoms with van der Waals surface area (Å²) in [5, 5.41) is 0. The van der Waals surface area contributed by atoms with E-state index in [-0.39, 0.29) is 11.7 Å². The predicted octanol–water partition coefficient (Wildman–Crippen LogP) is 3.42. The molecule has 0 radical (unpaired) electrons. The smallest absolute Gasteiger partial charge is 0.223 e. The fraction of sp³-hybridized carbons (Fsp3) is 0.350. The Hall–Kier alpha value is -2.36. The lowest BCUT2D eigenvalue weighted by Crippen LogP contribution is -2.48. The normalized spacial score (nSPS) is 14.8. The maximum absolute atomic E-state index is 13.0. The summed E-state index contributed by atoms with van der Waals surface area (Å²) in [6.07, 6.45) is 1.34. The van der Waals surface area contributed by atoms with E-state index in [1.54, 1.807) is 12.1 Å². The maximum atomic E-state index is 13.0. The quantitative estimate of drug-likeness (QED) is 0.859. The number of amides is 1. The molecule has 1 saturated heterocycles. The fourth-order valence-electron chi connectivity index (χ4n) is 3.03. The summed E-state index contributed by atoms with van der Waals surface area (Å²) in [6, 6.07) is 14.9. The van der Waals surface area contributed by atoms with Crippen LogP contribution in [0.2, 0.25) is 0 Å². The van der Waals surface area contributed by atoms with Gasteiger partial charge in [-0.05, 0) is 43.2 Å². The summed E-state index contributed by atoms with van der Waals surface area (Å²) in [7, 11) is 0. The van der Waals surface area contributed by atoms with Gasteiger partial charge in [0.15, 0.2) is 0 Å². The molecule has 1 aliphatic heterocycles. The van der Waals surface area contributed by atoms with E-state index in [9.17, 15) is 9.18 Å². The minimum Gasteiger partial charge on any atom is -0.368 e. The van der Waals surface area contributed by atoms with Crippen molar-refractivity contribution in [3.05, 3.63) is 65.5 Å². The molecule has 24 heavy (non-hydrogen) atoms. The zero-order valence-corrected chi connectivity index (χ0v) is 14.0.